The summed E-state index contributed by atoms with van der Waals surface area (Å²) in [7, 11) is 0. The van der Waals surface area contributed by atoms with E-state index >= 15 is 0 Å². The molecule has 0 fully saturated rings. The van der Waals surface area contributed by atoms with Crippen molar-refractivity contribution in [2.45, 2.75) is 20.8 Å². The highest BCUT2D eigenvalue weighted by Crippen LogP contribution is 2.11. The maximum absolute atomic E-state index is 11.1. The second-order valence-electron chi connectivity index (χ2n) is 3.30. The molecule has 0 aliphatic rings. The Balaban J connectivity index is 2.80. The lowest BCUT2D eigenvalue weighted by molar-refractivity contribution is -0.113. The zero-order valence-electron chi connectivity index (χ0n) is 8.79. The van der Waals surface area contributed by atoms with Crippen LogP contribution in [0.25, 0.3) is 0 Å². The maximum atomic E-state index is 11.1. The van der Waals surface area contributed by atoms with E-state index in [9.17, 15) is 4.79 Å². The molecule has 0 radical (unpaired) electrons. The summed E-state index contributed by atoms with van der Waals surface area (Å²) in [6, 6.07) is 9.81. The average molecular weight is 189 g/mol. The summed E-state index contributed by atoms with van der Waals surface area (Å²) in [6.45, 7) is 5.31. The molecule has 14 heavy (non-hydrogen) atoms. The molecule has 0 aromatic heterocycles. The fourth-order valence-corrected chi connectivity index (χ4v) is 1.10. The third-order valence-corrected chi connectivity index (χ3v) is 2.20. The number of allylic oxidation sites excluding steroid dienone is 2. The van der Waals surface area contributed by atoms with Gasteiger partial charge in [-0.25, -0.2) is 0 Å². The van der Waals surface area contributed by atoms with Crippen LogP contribution in [-0.2, 0) is 4.79 Å². The quantitative estimate of drug-likeness (QED) is 0.740. The second-order valence-corrected chi connectivity index (χ2v) is 3.30. The summed E-state index contributed by atoms with van der Waals surface area (Å²) in [5.41, 5.74) is 2.68. The molecular formula is C12H15NO. The van der Waals surface area contributed by atoms with Gasteiger partial charge in [0.2, 0.25) is 0 Å². The van der Waals surface area contributed by atoms with E-state index in [1.807, 2.05) is 44.2 Å². The normalized spacial score (nSPS) is 11.9. The number of carbonyl (C=O) groups excluding carboxylic acids is 1. The molecule has 0 spiro atoms. The number of hydrogen-bond acceptors (Lipinski definition) is 2. The topological polar surface area (TPSA) is 29.1 Å². The first kappa shape index (κ1) is 10.5. The summed E-state index contributed by atoms with van der Waals surface area (Å²) in [6.07, 6.45) is 0. The van der Waals surface area contributed by atoms with Gasteiger partial charge in [0.05, 0.1) is 0 Å². The Morgan fingerprint density at radius 2 is 1.64 bits per heavy atom. The van der Waals surface area contributed by atoms with Crippen LogP contribution in [0.5, 0.6) is 0 Å². The first-order chi connectivity index (χ1) is 6.61. The van der Waals surface area contributed by atoms with Gasteiger partial charge in [-0.2, -0.15) is 0 Å². The van der Waals surface area contributed by atoms with Crippen LogP contribution in [0.15, 0.2) is 41.6 Å². The largest absolute Gasteiger partial charge is 0.359 e. The highest BCUT2D eigenvalue weighted by atomic mass is 16.1. The van der Waals surface area contributed by atoms with E-state index in [1.54, 1.807) is 6.92 Å². The third-order valence-electron chi connectivity index (χ3n) is 2.20. The highest BCUT2D eigenvalue weighted by molar-refractivity contribution is 5.93. The lowest BCUT2D eigenvalue weighted by Gasteiger charge is -2.08. The van der Waals surface area contributed by atoms with Gasteiger partial charge in [0.25, 0.3) is 0 Å². The van der Waals surface area contributed by atoms with Crippen molar-refractivity contribution in [3.05, 3.63) is 41.6 Å². The van der Waals surface area contributed by atoms with Gasteiger partial charge in [0.15, 0.2) is 5.78 Å². The lowest BCUT2D eigenvalue weighted by Crippen LogP contribution is -2.03. The predicted molar refractivity (Wildman–Crippen MR) is 59.1 cm³/mol. The van der Waals surface area contributed by atoms with E-state index in [1.165, 1.54) is 0 Å². The van der Waals surface area contributed by atoms with Crippen LogP contribution in [0, 0.1) is 0 Å². The molecule has 1 rings (SSSR count). The van der Waals surface area contributed by atoms with Crippen molar-refractivity contribution >= 4 is 11.5 Å². The van der Waals surface area contributed by atoms with Gasteiger partial charge in [-0.3, -0.25) is 4.79 Å². The summed E-state index contributed by atoms with van der Waals surface area (Å²) < 4.78 is 0. The van der Waals surface area contributed by atoms with Gasteiger partial charge in [-0.15, -0.1) is 0 Å². The molecule has 0 saturated heterocycles. The van der Waals surface area contributed by atoms with Gasteiger partial charge in [0, 0.05) is 17.0 Å². The van der Waals surface area contributed by atoms with Gasteiger partial charge in [0.1, 0.15) is 0 Å². The van der Waals surface area contributed by atoms with Crippen LogP contribution in [0.2, 0.25) is 0 Å². The first-order valence-electron chi connectivity index (χ1n) is 4.61. The van der Waals surface area contributed by atoms with Crippen LogP contribution >= 0.6 is 0 Å². The van der Waals surface area contributed by atoms with Gasteiger partial charge in [-0.1, -0.05) is 18.2 Å². The first-order valence-corrected chi connectivity index (χ1v) is 4.61. The van der Waals surface area contributed by atoms with Crippen LogP contribution in [0.1, 0.15) is 20.8 Å². The number of rotatable bonds is 3. The van der Waals surface area contributed by atoms with Crippen LogP contribution < -0.4 is 5.32 Å². The number of ketones is 1. The average Bonchev–Trinajstić information content (AvgIpc) is 2.18. The molecule has 0 aliphatic carbocycles. The Hall–Kier alpha value is -1.57. The van der Waals surface area contributed by atoms with Crippen molar-refractivity contribution in [2.24, 2.45) is 0 Å². The Bertz CT molecular complexity index is 352. The molecule has 0 aliphatic heterocycles. The minimum Gasteiger partial charge on any atom is -0.359 e. The fourth-order valence-electron chi connectivity index (χ4n) is 1.10. The fraction of sp³-hybridized carbons (Fsp3) is 0.250. The molecule has 0 unspecified atom stereocenters. The monoisotopic (exact) mass is 189 g/mol. The van der Waals surface area contributed by atoms with Crippen molar-refractivity contribution < 1.29 is 4.79 Å². The zero-order valence-corrected chi connectivity index (χ0v) is 8.79. The molecule has 0 amide bonds. The number of para-hydroxylation sites is 1. The molecule has 0 bridgehead atoms. The van der Waals surface area contributed by atoms with Gasteiger partial charge >= 0.3 is 0 Å². The molecule has 0 atom stereocenters. The van der Waals surface area contributed by atoms with Crippen LogP contribution in [0.3, 0.4) is 0 Å². The standard InChI is InChI=1S/C12H15NO/c1-9(11(3)14)10(2)13-12-7-5-4-6-8-12/h4-8,13H,1-3H3/b10-9-. The molecular weight excluding hydrogens is 174 g/mol. The molecule has 1 aromatic rings. The number of anilines is 1. The Kier molecular flexibility index (Phi) is 3.46. The van der Waals surface area contributed by atoms with E-state index in [4.69, 9.17) is 0 Å². The van der Waals surface area contributed by atoms with E-state index in [0.29, 0.717) is 0 Å². The Morgan fingerprint density at radius 1 is 1.07 bits per heavy atom. The van der Waals surface area contributed by atoms with Crippen LogP contribution in [0.4, 0.5) is 5.69 Å². The van der Waals surface area contributed by atoms with E-state index in [2.05, 4.69) is 5.32 Å². The molecule has 1 N–H and O–H groups in total. The second kappa shape index (κ2) is 4.61. The molecule has 0 heterocycles. The van der Waals surface area contributed by atoms with Gasteiger partial charge < -0.3 is 5.32 Å². The lowest BCUT2D eigenvalue weighted by atomic mass is 10.1. The minimum absolute atomic E-state index is 0.103. The van der Waals surface area contributed by atoms with Gasteiger partial charge in [-0.05, 0) is 32.9 Å². The zero-order chi connectivity index (χ0) is 10.6. The van der Waals surface area contributed by atoms with Crippen LogP contribution in [-0.4, -0.2) is 5.78 Å². The molecule has 0 saturated carbocycles. The summed E-state index contributed by atoms with van der Waals surface area (Å²) >= 11 is 0. The summed E-state index contributed by atoms with van der Waals surface area (Å²) in [4.78, 5) is 11.1. The number of benzene rings is 1. The summed E-state index contributed by atoms with van der Waals surface area (Å²) in [5, 5.41) is 3.18. The number of carbonyl (C=O) groups is 1. The van der Waals surface area contributed by atoms with Crippen molar-refractivity contribution in [3.63, 3.8) is 0 Å². The van der Waals surface area contributed by atoms with Crippen molar-refractivity contribution in [1.82, 2.24) is 0 Å². The minimum atomic E-state index is 0.103. The van der Waals surface area contributed by atoms with Crippen molar-refractivity contribution in [3.8, 4) is 0 Å². The number of nitrogens with one attached hydrogen (secondary N) is 1. The van der Waals surface area contributed by atoms with E-state index in [0.717, 1.165) is 17.0 Å². The summed E-state index contributed by atoms with van der Waals surface area (Å²) in [5.74, 6) is 0.103. The van der Waals surface area contributed by atoms with E-state index < -0.39 is 0 Å². The molecule has 2 heteroatoms. The SMILES string of the molecule is CC(=O)/C(C)=C(/C)Nc1ccccc1. The third kappa shape index (κ3) is 2.73. The Labute approximate surface area is 84.6 Å². The number of Topliss-reactive ketones (excluding diaryl/α,β-unsaturated/α-hetero) is 1. The molecule has 74 valence electrons. The van der Waals surface area contributed by atoms with E-state index in [-0.39, 0.29) is 5.78 Å². The van der Waals surface area contributed by atoms with Crippen molar-refractivity contribution in [2.75, 3.05) is 5.32 Å². The molecule has 2 nitrogen and oxygen atoms in total. The predicted octanol–water partition coefficient (Wildman–Crippen LogP) is 2.98. The van der Waals surface area contributed by atoms with Crippen molar-refractivity contribution in [1.29, 1.82) is 0 Å². The Morgan fingerprint density at radius 3 is 2.14 bits per heavy atom. The number of hydrogen-bond donors (Lipinski definition) is 1. The smallest absolute Gasteiger partial charge is 0.157 e. The maximum Gasteiger partial charge on any atom is 0.157 e. The molecule has 1 aromatic carbocycles. The highest BCUT2D eigenvalue weighted by Gasteiger charge is 2.01.